The van der Waals surface area contributed by atoms with Gasteiger partial charge < -0.3 is 4.98 Å². The Balaban J connectivity index is 2.11. The lowest BCUT2D eigenvalue weighted by molar-refractivity contribution is 0.708. The molecule has 0 saturated carbocycles. The van der Waals surface area contributed by atoms with Gasteiger partial charge in [-0.05, 0) is 37.8 Å². The summed E-state index contributed by atoms with van der Waals surface area (Å²) < 4.78 is 1.59. The summed E-state index contributed by atoms with van der Waals surface area (Å²) in [4.78, 5) is 34.5. The second kappa shape index (κ2) is 6.56. The second-order valence-electron chi connectivity index (χ2n) is 7.30. The van der Waals surface area contributed by atoms with E-state index < -0.39 is 0 Å². The highest BCUT2D eigenvalue weighted by Gasteiger charge is 2.21. The highest BCUT2D eigenvalue weighted by Crippen LogP contribution is 2.21. The standard InChI is InChI=1S/C21H23N3O2/c1-13(2)20-23-19-17(21(26)24(20)14-9-5-3-6-10-14)18(25)15-11-7-4-8-12-16(15)22-19/h3,5-6,9-10,13H,4,7-8,11-12H2,1-2H3,(H,22,25). The minimum absolute atomic E-state index is 0.0506. The van der Waals surface area contributed by atoms with Gasteiger partial charge in [-0.15, -0.1) is 0 Å². The van der Waals surface area contributed by atoms with Crippen molar-refractivity contribution >= 4 is 11.0 Å². The van der Waals surface area contributed by atoms with Gasteiger partial charge >= 0.3 is 0 Å². The van der Waals surface area contributed by atoms with Crippen LogP contribution in [-0.2, 0) is 12.8 Å². The van der Waals surface area contributed by atoms with Crippen molar-refractivity contribution in [3.63, 3.8) is 0 Å². The molecule has 0 fully saturated rings. The van der Waals surface area contributed by atoms with Crippen LogP contribution >= 0.6 is 0 Å². The van der Waals surface area contributed by atoms with Crippen LogP contribution in [0.1, 0.15) is 56.1 Å². The topological polar surface area (TPSA) is 67.8 Å². The summed E-state index contributed by atoms with van der Waals surface area (Å²) in [5, 5.41) is 0.180. The van der Waals surface area contributed by atoms with Crippen LogP contribution in [0.2, 0.25) is 0 Å². The fourth-order valence-corrected chi connectivity index (χ4v) is 3.81. The Bertz CT molecular complexity index is 1080. The number of aromatic amines is 1. The summed E-state index contributed by atoms with van der Waals surface area (Å²) in [6.07, 6.45) is 4.74. The van der Waals surface area contributed by atoms with Crippen LogP contribution in [0.25, 0.3) is 16.7 Å². The monoisotopic (exact) mass is 349 g/mol. The smallest absolute Gasteiger partial charge is 0.271 e. The van der Waals surface area contributed by atoms with Crippen LogP contribution in [0.5, 0.6) is 0 Å². The molecule has 2 aromatic heterocycles. The zero-order chi connectivity index (χ0) is 18.3. The average molecular weight is 349 g/mol. The van der Waals surface area contributed by atoms with E-state index in [4.69, 9.17) is 4.98 Å². The van der Waals surface area contributed by atoms with Crippen molar-refractivity contribution in [1.82, 2.24) is 14.5 Å². The third-order valence-corrected chi connectivity index (χ3v) is 5.13. The van der Waals surface area contributed by atoms with Crippen molar-refractivity contribution in [1.29, 1.82) is 0 Å². The van der Waals surface area contributed by atoms with E-state index in [9.17, 15) is 9.59 Å². The number of pyridine rings is 1. The van der Waals surface area contributed by atoms with E-state index in [0.717, 1.165) is 49.0 Å². The summed E-state index contributed by atoms with van der Waals surface area (Å²) in [5.74, 6) is 0.715. The van der Waals surface area contributed by atoms with Gasteiger partial charge in [0.05, 0.1) is 5.69 Å². The molecule has 0 saturated heterocycles. The number of benzene rings is 1. The number of nitrogens with one attached hydrogen (secondary N) is 1. The first-order valence-electron chi connectivity index (χ1n) is 9.34. The molecule has 0 unspecified atom stereocenters. The molecule has 134 valence electrons. The molecular weight excluding hydrogens is 326 g/mol. The third-order valence-electron chi connectivity index (χ3n) is 5.13. The fraction of sp³-hybridized carbons (Fsp3) is 0.381. The zero-order valence-electron chi connectivity index (χ0n) is 15.2. The van der Waals surface area contributed by atoms with E-state index in [-0.39, 0.29) is 22.3 Å². The fourth-order valence-electron chi connectivity index (χ4n) is 3.81. The molecule has 5 heteroatoms. The van der Waals surface area contributed by atoms with Crippen LogP contribution in [-0.4, -0.2) is 14.5 Å². The van der Waals surface area contributed by atoms with Gasteiger partial charge in [-0.25, -0.2) is 4.98 Å². The molecule has 1 aliphatic rings. The average Bonchev–Trinajstić information content (AvgIpc) is 2.87. The molecule has 0 spiro atoms. The summed E-state index contributed by atoms with van der Waals surface area (Å²) in [7, 11) is 0. The first-order chi connectivity index (χ1) is 12.6. The molecule has 0 bridgehead atoms. The summed E-state index contributed by atoms with van der Waals surface area (Å²) >= 11 is 0. The van der Waals surface area contributed by atoms with Crippen molar-refractivity contribution in [2.75, 3.05) is 0 Å². The lowest BCUT2D eigenvalue weighted by Gasteiger charge is -2.17. The molecule has 5 nitrogen and oxygen atoms in total. The maximum atomic E-state index is 13.3. The molecule has 0 aliphatic heterocycles. The normalized spacial score (nSPS) is 14.4. The Labute approximate surface area is 151 Å². The molecule has 3 aromatic rings. The molecule has 2 heterocycles. The van der Waals surface area contributed by atoms with Crippen LogP contribution in [0.15, 0.2) is 39.9 Å². The number of fused-ring (bicyclic) bond motifs is 2. The molecule has 0 atom stereocenters. The minimum Gasteiger partial charge on any atom is -0.343 e. The summed E-state index contributed by atoms with van der Waals surface area (Å²) in [6.45, 7) is 4.02. The van der Waals surface area contributed by atoms with Gasteiger partial charge in [0.1, 0.15) is 16.9 Å². The third kappa shape index (κ3) is 2.68. The number of hydrogen-bond acceptors (Lipinski definition) is 3. The Hall–Kier alpha value is -2.69. The lowest BCUT2D eigenvalue weighted by atomic mass is 10.1. The van der Waals surface area contributed by atoms with Crippen LogP contribution in [0.3, 0.4) is 0 Å². The van der Waals surface area contributed by atoms with E-state index in [1.807, 2.05) is 44.2 Å². The maximum absolute atomic E-state index is 13.3. The van der Waals surface area contributed by atoms with Crippen molar-refractivity contribution in [3.8, 4) is 5.69 Å². The molecule has 1 aliphatic carbocycles. The predicted molar refractivity (Wildman–Crippen MR) is 103 cm³/mol. The largest absolute Gasteiger partial charge is 0.343 e. The molecule has 26 heavy (non-hydrogen) atoms. The van der Waals surface area contributed by atoms with Crippen molar-refractivity contribution < 1.29 is 0 Å². The number of hydrogen-bond donors (Lipinski definition) is 1. The number of rotatable bonds is 2. The minimum atomic E-state index is -0.279. The molecule has 1 N–H and O–H groups in total. The summed E-state index contributed by atoms with van der Waals surface area (Å²) in [6, 6.07) is 9.43. The van der Waals surface area contributed by atoms with Crippen LogP contribution < -0.4 is 11.0 Å². The SMILES string of the molecule is CC(C)c1nc2[nH]c3c(c(=O)c2c(=O)n1-c1ccccc1)CCCCC3. The number of H-pyrrole nitrogens is 1. The zero-order valence-corrected chi connectivity index (χ0v) is 15.2. The Morgan fingerprint density at radius 1 is 1.04 bits per heavy atom. The van der Waals surface area contributed by atoms with E-state index in [1.54, 1.807) is 4.57 Å². The van der Waals surface area contributed by atoms with Gasteiger partial charge in [0.15, 0.2) is 5.43 Å². The van der Waals surface area contributed by atoms with Gasteiger partial charge in [0.2, 0.25) is 0 Å². The van der Waals surface area contributed by atoms with E-state index in [2.05, 4.69) is 4.98 Å². The molecule has 0 radical (unpaired) electrons. The maximum Gasteiger partial charge on any atom is 0.271 e. The van der Waals surface area contributed by atoms with E-state index >= 15 is 0 Å². The lowest BCUT2D eigenvalue weighted by Crippen LogP contribution is -2.30. The second-order valence-corrected chi connectivity index (χ2v) is 7.30. The van der Waals surface area contributed by atoms with Gasteiger partial charge in [-0.1, -0.05) is 38.5 Å². The highest BCUT2D eigenvalue weighted by molar-refractivity contribution is 5.75. The van der Waals surface area contributed by atoms with Gasteiger partial charge in [0, 0.05) is 17.2 Å². The van der Waals surface area contributed by atoms with E-state index in [0.29, 0.717) is 11.5 Å². The van der Waals surface area contributed by atoms with Gasteiger partial charge in [0.25, 0.3) is 5.56 Å². The number of nitrogens with zero attached hydrogens (tertiary/aromatic N) is 2. The predicted octanol–water partition coefficient (Wildman–Crippen LogP) is 3.47. The van der Waals surface area contributed by atoms with Crippen LogP contribution in [0, 0.1) is 0 Å². The number of aryl methyl sites for hydroxylation is 1. The molecule has 0 amide bonds. The van der Waals surface area contributed by atoms with Crippen molar-refractivity contribution in [2.45, 2.75) is 51.9 Å². The first kappa shape index (κ1) is 16.8. The number of aromatic nitrogens is 3. The van der Waals surface area contributed by atoms with Gasteiger partial charge in [-0.2, -0.15) is 0 Å². The van der Waals surface area contributed by atoms with E-state index in [1.165, 1.54) is 0 Å². The van der Waals surface area contributed by atoms with Crippen LogP contribution in [0.4, 0.5) is 0 Å². The molecular formula is C21H23N3O2. The Morgan fingerprint density at radius 3 is 2.50 bits per heavy atom. The molecule has 4 rings (SSSR count). The molecule has 1 aromatic carbocycles. The van der Waals surface area contributed by atoms with Crippen molar-refractivity contribution in [2.24, 2.45) is 0 Å². The Morgan fingerprint density at radius 2 is 1.77 bits per heavy atom. The number of para-hydroxylation sites is 1. The van der Waals surface area contributed by atoms with Crippen molar-refractivity contribution in [3.05, 3.63) is 68.0 Å². The highest BCUT2D eigenvalue weighted by atomic mass is 16.1. The van der Waals surface area contributed by atoms with Gasteiger partial charge in [-0.3, -0.25) is 14.2 Å². The summed E-state index contributed by atoms with van der Waals surface area (Å²) in [5.41, 5.74) is 2.47. The first-order valence-corrected chi connectivity index (χ1v) is 9.34. The Kier molecular flexibility index (Phi) is 4.23. The quantitative estimate of drug-likeness (QED) is 0.720.